The number of rotatable bonds is 8. The molecule has 0 unspecified atom stereocenters. The van der Waals surface area contributed by atoms with E-state index in [2.05, 4.69) is 22.2 Å². The molecule has 0 atom stereocenters. The van der Waals surface area contributed by atoms with Gasteiger partial charge in [-0.3, -0.25) is 0 Å². The van der Waals surface area contributed by atoms with Gasteiger partial charge in [-0.15, -0.1) is 6.58 Å². The van der Waals surface area contributed by atoms with E-state index in [1.807, 2.05) is 13.0 Å². The standard InChI is InChI=1S/C15H21F2N3O/c1-3-8-19-15(18-4-2)20-10-12-6-5-7-13(9-12)21-11-14(16)17/h3,5-7,9,14H,1,4,8,10-11H2,2H3,(H2,18,19,20). The van der Waals surface area contributed by atoms with Crippen molar-refractivity contribution in [1.82, 2.24) is 10.6 Å². The van der Waals surface area contributed by atoms with Crippen LogP contribution in [-0.4, -0.2) is 32.1 Å². The predicted octanol–water partition coefficient (Wildman–Crippen LogP) is 2.57. The minimum atomic E-state index is -2.48. The minimum absolute atomic E-state index is 0.423. The Kier molecular flexibility index (Phi) is 7.86. The molecule has 1 aromatic rings. The van der Waals surface area contributed by atoms with Gasteiger partial charge < -0.3 is 15.4 Å². The molecule has 116 valence electrons. The maximum absolute atomic E-state index is 12.1. The van der Waals surface area contributed by atoms with Crippen molar-refractivity contribution in [2.45, 2.75) is 19.9 Å². The van der Waals surface area contributed by atoms with E-state index in [9.17, 15) is 8.78 Å². The fraction of sp³-hybridized carbons (Fsp3) is 0.400. The van der Waals surface area contributed by atoms with Gasteiger partial charge in [0.2, 0.25) is 0 Å². The number of aliphatic imine (C=N–C) groups is 1. The highest BCUT2D eigenvalue weighted by Crippen LogP contribution is 2.14. The molecule has 0 aromatic heterocycles. The number of hydrogen-bond acceptors (Lipinski definition) is 2. The largest absolute Gasteiger partial charge is 0.488 e. The van der Waals surface area contributed by atoms with Crippen molar-refractivity contribution >= 4 is 5.96 Å². The Morgan fingerprint density at radius 2 is 2.24 bits per heavy atom. The highest BCUT2D eigenvalue weighted by molar-refractivity contribution is 5.79. The molecule has 2 N–H and O–H groups in total. The van der Waals surface area contributed by atoms with Gasteiger partial charge in [-0.25, -0.2) is 13.8 Å². The van der Waals surface area contributed by atoms with Crippen LogP contribution in [0.25, 0.3) is 0 Å². The van der Waals surface area contributed by atoms with Gasteiger partial charge in [0.05, 0.1) is 6.54 Å². The number of ether oxygens (including phenoxy) is 1. The molecule has 0 spiro atoms. The molecule has 0 saturated heterocycles. The zero-order valence-electron chi connectivity index (χ0n) is 12.1. The molecular formula is C15H21F2N3O. The van der Waals surface area contributed by atoms with E-state index >= 15 is 0 Å². The monoisotopic (exact) mass is 297 g/mol. The molecule has 0 bridgehead atoms. The second-order valence-electron chi connectivity index (χ2n) is 4.21. The first-order valence-electron chi connectivity index (χ1n) is 6.78. The van der Waals surface area contributed by atoms with Crippen molar-refractivity contribution in [2.75, 3.05) is 19.7 Å². The van der Waals surface area contributed by atoms with Crippen molar-refractivity contribution in [1.29, 1.82) is 0 Å². The van der Waals surface area contributed by atoms with Gasteiger partial charge in [0, 0.05) is 13.1 Å². The second-order valence-corrected chi connectivity index (χ2v) is 4.21. The smallest absolute Gasteiger partial charge is 0.272 e. The predicted molar refractivity (Wildman–Crippen MR) is 81.0 cm³/mol. The lowest BCUT2D eigenvalue weighted by Gasteiger charge is -2.10. The lowest BCUT2D eigenvalue weighted by molar-refractivity contribution is 0.0818. The number of nitrogens with one attached hydrogen (secondary N) is 2. The van der Waals surface area contributed by atoms with Crippen LogP contribution in [0.2, 0.25) is 0 Å². The van der Waals surface area contributed by atoms with Crippen molar-refractivity contribution in [3.8, 4) is 5.75 Å². The van der Waals surface area contributed by atoms with E-state index in [0.717, 1.165) is 12.1 Å². The number of halogens is 2. The van der Waals surface area contributed by atoms with Crippen LogP contribution in [0.1, 0.15) is 12.5 Å². The molecule has 0 amide bonds. The SMILES string of the molecule is C=CCNC(=NCc1cccc(OCC(F)F)c1)NCC. The van der Waals surface area contributed by atoms with Gasteiger partial charge in [-0.05, 0) is 24.6 Å². The maximum Gasteiger partial charge on any atom is 0.272 e. The van der Waals surface area contributed by atoms with E-state index < -0.39 is 13.0 Å². The van der Waals surface area contributed by atoms with E-state index in [-0.39, 0.29) is 0 Å². The van der Waals surface area contributed by atoms with E-state index in [1.165, 1.54) is 0 Å². The van der Waals surface area contributed by atoms with Crippen molar-refractivity contribution < 1.29 is 13.5 Å². The summed E-state index contributed by atoms with van der Waals surface area (Å²) in [6.07, 6.45) is -0.735. The first-order chi connectivity index (χ1) is 10.2. The Labute approximate surface area is 123 Å². The van der Waals surface area contributed by atoms with Gasteiger partial charge >= 0.3 is 0 Å². The lowest BCUT2D eigenvalue weighted by atomic mass is 10.2. The molecule has 1 aromatic carbocycles. The zero-order chi connectivity index (χ0) is 15.5. The molecule has 0 aliphatic rings. The zero-order valence-corrected chi connectivity index (χ0v) is 12.1. The fourth-order valence-electron chi connectivity index (χ4n) is 1.57. The summed E-state index contributed by atoms with van der Waals surface area (Å²) in [5, 5.41) is 6.19. The first-order valence-corrected chi connectivity index (χ1v) is 6.78. The topological polar surface area (TPSA) is 45.7 Å². The Balaban J connectivity index is 2.63. The second kappa shape index (κ2) is 9.74. The number of guanidine groups is 1. The maximum atomic E-state index is 12.1. The van der Waals surface area contributed by atoms with E-state index in [1.54, 1.807) is 24.3 Å². The molecule has 21 heavy (non-hydrogen) atoms. The molecule has 4 nitrogen and oxygen atoms in total. The van der Waals surface area contributed by atoms with Crippen LogP contribution in [0.4, 0.5) is 8.78 Å². The summed E-state index contributed by atoms with van der Waals surface area (Å²) in [5.74, 6) is 1.10. The minimum Gasteiger partial charge on any atom is -0.488 e. The Morgan fingerprint density at radius 1 is 1.43 bits per heavy atom. The fourth-order valence-corrected chi connectivity index (χ4v) is 1.57. The van der Waals surface area contributed by atoms with Crippen LogP contribution in [-0.2, 0) is 6.54 Å². The summed E-state index contributed by atoms with van der Waals surface area (Å²) < 4.78 is 29.2. The lowest BCUT2D eigenvalue weighted by Crippen LogP contribution is -2.37. The van der Waals surface area contributed by atoms with E-state index in [4.69, 9.17) is 4.74 Å². The van der Waals surface area contributed by atoms with Crippen LogP contribution in [0.5, 0.6) is 5.75 Å². The number of hydrogen-bond donors (Lipinski definition) is 2. The molecule has 0 aliphatic carbocycles. The average molecular weight is 297 g/mol. The normalized spacial score (nSPS) is 11.3. The highest BCUT2D eigenvalue weighted by Gasteiger charge is 2.04. The van der Waals surface area contributed by atoms with Crippen LogP contribution >= 0.6 is 0 Å². The van der Waals surface area contributed by atoms with Crippen LogP contribution < -0.4 is 15.4 Å². The molecule has 0 aliphatic heterocycles. The molecule has 0 fully saturated rings. The third-order valence-electron chi connectivity index (χ3n) is 2.45. The third kappa shape index (κ3) is 7.29. The van der Waals surface area contributed by atoms with Crippen LogP contribution in [0.15, 0.2) is 41.9 Å². The summed E-state index contributed by atoms with van der Waals surface area (Å²) in [7, 11) is 0. The third-order valence-corrected chi connectivity index (χ3v) is 2.45. The Morgan fingerprint density at radius 3 is 2.90 bits per heavy atom. The Bertz CT molecular complexity index is 464. The number of nitrogens with zero attached hydrogens (tertiary/aromatic N) is 1. The summed E-state index contributed by atoms with van der Waals surface area (Å²) in [4.78, 5) is 4.40. The van der Waals surface area contributed by atoms with Gasteiger partial charge in [-0.1, -0.05) is 18.2 Å². The summed E-state index contributed by atoms with van der Waals surface area (Å²) in [6, 6.07) is 6.99. The molecule has 6 heteroatoms. The van der Waals surface area contributed by atoms with Gasteiger partial charge in [0.25, 0.3) is 6.43 Å². The Hall–Kier alpha value is -2.11. The van der Waals surface area contributed by atoms with E-state index in [0.29, 0.717) is 24.8 Å². The first kappa shape index (κ1) is 16.9. The quantitative estimate of drug-likeness (QED) is 0.440. The van der Waals surface area contributed by atoms with Crippen molar-refractivity contribution in [3.05, 3.63) is 42.5 Å². The van der Waals surface area contributed by atoms with Gasteiger partial charge in [0.1, 0.15) is 12.4 Å². The highest BCUT2D eigenvalue weighted by atomic mass is 19.3. The molecule has 1 rings (SSSR count). The molecule has 0 heterocycles. The molecule has 0 saturated carbocycles. The number of alkyl halides is 2. The molecule has 0 radical (unpaired) electrons. The summed E-state index contributed by atoms with van der Waals surface area (Å²) in [6.45, 7) is 6.80. The van der Waals surface area contributed by atoms with Gasteiger partial charge in [0.15, 0.2) is 5.96 Å². The van der Waals surface area contributed by atoms with Crippen LogP contribution in [0, 0.1) is 0 Å². The van der Waals surface area contributed by atoms with Crippen LogP contribution in [0.3, 0.4) is 0 Å². The summed E-state index contributed by atoms with van der Waals surface area (Å²) in [5.41, 5.74) is 0.887. The average Bonchev–Trinajstić information content (AvgIpc) is 2.48. The number of benzene rings is 1. The van der Waals surface area contributed by atoms with Crippen molar-refractivity contribution in [3.63, 3.8) is 0 Å². The van der Waals surface area contributed by atoms with Crippen molar-refractivity contribution in [2.24, 2.45) is 4.99 Å². The van der Waals surface area contributed by atoms with Gasteiger partial charge in [-0.2, -0.15) is 0 Å². The molecular weight excluding hydrogens is 276 g/mol. The summed E-state index contributed by atoms with van der Waals surface area (Å²) >= 11 is 0.